The van der Waals surface area contributed by atoms with E-state index in [0.29, 0.717) is 6.04 Å². The van der Waals surface area contributed by atoms with Crippen molar-refractivity contribution in [2.75, 3.05) is 37.3 Å². The van der Waals surface area contributed by atoms with E-state index in [1.54, 1.807) is 6.33 Å². The van der Waals surface area contributed by atoms with E-state index >= 15 is 0 Å². The van der Waals surface area contributed by atoms with E-state index in [1.165, 1.54) is 6.42 Å². The first-order valence-electron chi connectivity index (χ1n) is 6.67. The molecule has 0 bridgehead atoms. The molecule has 0 aliphatic heterocycles. The van der Waals surface area contributed by atoms with E-state index in [2.05, 4.69) is 53.3 Å². The maximum absolute atomic E-state index is 4.20. The van der Waals surface area contributed by atoms with Crippen molar-refractivity contribution in [3.8, 4) is 0 Å². The predicted octanol–water partition coefficient (Wildman–Crippen LogP) is 2.05. The third kappa shape index (κ3) is 4.87. The van der Waals surface area contributed by atoms with Crippen LogP contribution in [0.2, 0.25) is 0 Å². The third-order valence-electron chi connectivity index (χ3n) is 3.14. The van der Waals surface area contributed by atoms with Crippen LogP contribution in [0.4, 0.5) is 11.6 Å². The molecular formula is C13H25N5. The second-order valence-electron chi connectivity index (χ2n) is 4.48. The molecule has 18 heavy (non-hydrogen) atoms. The van der Waals surface area contributed by atoms with Gasteiger partial charge in [0.2, 0.25) is 0 Å². The largest absolute Gasteiger partial charge is 0.370 e. The molecule has 5 nitrogen and oxygen atoms in total. The zero-order chi connectivity index (χ0) is 13.4. The van der Waals surface area contributed by atoms with Gasteiger partial charge in [-0.3, -0.25) is 0 Å². The van der Waals surface area contributed by atoms with Crippen LogP contribution in [0.25, 0.3) is 0 Å². The van der Waals surface area contributed by atoms with Crippen LogP contribution >= 0.6 is 0 Å². The molecule has 0 aromatic carbocycles. The second-order valence-corrected chi connectivity index (χ2v) is 4.48. The Morgan fingerprint density at radius 2 is 1.89 bits per heavy atom. The van der Waals surface area contributed by atoms with Crippen LogP contribution in [0.5, 0.6) is 0 Å². The van der Waals surface area contributed by atoms with Crippen molar-refractivity contribution in [3.63, 3.8) is 0 Å². The molecule has 0 saturated heterocycles. The molecule has 5 heteroatoms. The van der Waals surface area contributed by atoms with E-state index < -0.39 is 0 Å². The van der Waals surface area contributed by atoms with Crippen molar-refractivity contribution in [3.05, 3.63) is 12.4 Å². The van der Waals surface area contributed by atoms with Gasteiger partial charge in [0.15, 0.2) is 0 Å². The molecular weight excluding hydrogens is 226 g/mol. The SMILES string of the molecule is CCNc1cc(NCCN(C)C(C)CC)ncn1. The summed E-state index contributed by atoms with van der Waals surface area (Å²) >= 11 is 0. The van der Waals surface area contributed by atoms with Crippen LogP contribution in [0, 0.1) is 0 Å². The number of aromatic nitrogens is 2. The number of hydrogen-bond donors (Lipinski definition) is 2. The Bertz CT molecular complexity index is 342. The summed E-state index contributed by atoms with van der Waals surface area (Å²) in [5.41, 5.74) is 0. The van der Waals surface area contributed by atoms with Crippen LogP contribution in [0.15, 0.2) is 12.4 Å². The Balaban J connectivity index is 2.37. The predicted molar refractivity (Wildman–Crippen MR) is 77.1 cm³/mol. The molecule has 0 aliphatic carbocycles. The van der Waals surface area contributed by atoms with Gasteiger partial charge in [-0.1, -0.05) is 6.92 Å². The molecule has 1 aromatic heterocycles. The number of anilines is 2. The Kier molecular flexibility index (Phi) is 6.43. The molecule has 0 fully saturated rings. The number of rotatable bonds is 8. The molecule has 0 amide bonds. The number of nitrogens with one attached hydrogen (secondary N) is 2. The van der Waals surface area contributed by atoms with E-state index in [4.69, 9.17) is 0 Å². The van der Waals surface area contributed by atoms with Gasteiger partial charge in [0.1, 0.15) is 18.0 Å². The minimum atomic E-state index is 0.620. The molecule has 0 radical (unpaired) electrons. The van der Waals surface area contributed by atoms with Gasteiger partial charge in [-0.05, 0) is 27.3 Å². The van der Waals surface area contributed by atoms with Crippen LogP contribution in [0.3, 0.4) is 0 Å². The van der Waals surface area contributed by atoms with Crippen molar-refractivity contribution >= 4 is 11.6 Å². The van der Waals surface area contributed by atoms with Crippen molar-refractivity contribution in [1.29, 1.82) is 0 Å². The lowest BCUT2D eigenvalue weighted by molar-refractivity contribution is 0.261. The molecule has 1 aromatic rings. The zero-order valence-corrected chi connectivity index (χ0v) is 11.9. The standard InChI is InChI=1S/C13H25N5/c1-5-11(3)18(4)8-7-15-13-9-12(14-6-2)16-10-17-13/h9-11H,5-8H2,1-4H3,(H2,14,15,16,17). The van der Waals surface area contributed by atoms with Crippen molar-refractivity contribution in [2.45, 2.75) is 33.2 Å². The summed E-state index contributed by atoms with van der Waals surface area (Å²) in [6, 6.07) is 2.56. The van der Waals surface area contributed by atoms with Gasteiger partial charge in [-0.25, -0.2) is 9.97 Å². The highest BCUT2D eigenvalue weighted by molar-refractivity contribution is 5.46. The number of hydrogen-bond acceptors (Lipinski definition) is 5. The van der Waals surface area contributed by atoms with Crippen LogP contribution in [0.1, 0.15) is 27.2 Å². The second kappa shape index (κ2) is 7.87. The topological polar surface area (TPSA) is 53.1 Å². The van der Waals surface area contributed by atoms with Crippen molar-refractivity contribution in [2.24, 2.45) is 0 Å². The maximum atomic E-state index is 4.20. The van der Waals surface area contributed by atoms with Gasteiger partial charge in [-0.15, -0.1) is 0 Å². The molecule has 1 unspecified atom stereocenters. The zero-order valence-electron chi connectivity index (χ0n) is 11.9. The van der Waals surface area contributed by atoms with Gasteiger partial charge in [0.25, 0.3) is 0 Å². The third-order valence-corrected chi connectivity index (χ3v) is 3.14. The average molecular weight is 251 g/mol. The number of nitrogens with zero attached hydrogens (tertiary/aromatic N) is 3. The summed E-state index contributed by atoms with van der Waals surface area (Å²) in [5.74, 6) is 1.74. The Labute approximate surface area is 110 Å². The summed E-state index contributed by atoms with van der Waals surface area (Å²) in [5, 5.41) is 6.49. The lowest BCUT2D eigenvalue weighted by Gasteiger charge is -2.23. The van der Waals surface area contributed by atoms with E-state index in [-0.39, 0.29) is 0 Å². The van der Waals surface area contributed by atoms with Gasteiger partial charge in [0.05, 0.1) is 0 Å². The van der Waals surface area contributed by atoms with E-state index in [0.717, 1.165) is 31.3 Å². The highest BCUT2D eigenvalue weighted by Crippen LogP contribution is 2.08. The van der Waals surface area contributed by atoms with Crippen LogP contribution in [-0.4, -0.2) is 47.6 Å². The minimum absolute atomic E-state index is 0.620. The average Bonchev–Trinajstić information content (AvgIpc) is 2.38. The summed E-state index contributed by atoms with van der Waals surface area (Å²) in [6.45, 7) is 9.28. The fourth-order valence-electron chi connectivity index (χ4n) is 1.62. The maximum Gasteiger partial charge on any atom is 0.131 e. The molecule has 2 N–H and O–H groups in total. The lowest BCUT2D eigenvalue weighted by atomic mass is 10.2. The van der Waals surface area contributed by atoms with Crippen molar-refractivity contribution in [1.82, 2.24) is 14.9 Å². The molecule has 1 heterocycles. The van der Waals surface area contributed by atoms with Gasteiger partial charge >= 0.3 is 0 Å². The van der Waals surface area contributed by atoms with Crippen molar-refractivity contribution < 1.29 is 0 Å². The fourth-order valence-corrected chi connectivity index (χ4v) is 1.62. The van der Waals surface area contributed by atoms with Gasteiger partial charge in [-0.2, -0.15) is 0 Å². The first-order chi connectivity index (χ1) is 8.67. The quantitative estimate of drug-likeness (QED) is 0.740. The molecule has 1 rings (SSSR count). The molecule has 0 saturated carbocycles. The molecule has 0 aliphatic rings. The first kappa shape index (κ1) is 14.7. The Morgan fingerprint density at radius 3 is 2.50 bits per heavy atom. The molecule has 102 valence electrons. The first-order valence-corrected chi connectivity index (χ1v) is 6.67. The fraction of sp³-hybridized carbons (Fsp3) is 0.692. The van der Waals surface area contributed by atoms with Crippen LogP contribution < -0.4 is 10.6 Å². The Morgan fingerprint density at radius 1 is 1.22 bits per heavy atom. The summed E-state index contributed by atoms with van der Waals surface area (Å²) in [4.78, 5) is 10.7. The normalized spacial score (nSPS) is 12.5. The van der Waals surface area contributed by atoms with E-state index in [1.807, 2.05) is 6.07 Å². The van der Waals surface area contributed by atoms with Gasteiger partial charge in [0, 0.05) is 31.7 Å². The Hall–Kier alpha value is -1.36. The number of likely N-dealkylation sites (N-methyl/N-ethyl adjacent to an activating group) is 1. The summed E-state index contributed by atoms with van der Waals surface area (Å²) in [7, 11) is 2.15. The minimum Gasteiger partial charge on any atom is -0.370 e. The highest BCUT2D eigenvalue weighted by atomic mass is 15.1. The summed E-state index contributed by atoms with van der Waals surface area (Å²) in [6.07, 6.45) is 2.76. The highest BCUT2D eigenvalue weighted by Gasteiger charge is 2.05. The van der Waals surface area contributed by atoms with Crippen LogP contribution in [-0.2, 0) is 0 Å². The molecule has 1 atom stereocenters. The smallest absolute Gasteiger partial charge is 0.131 e. The summed E-state index contributed by atoms with van der Waals surface area (Å²) < 4.78 is 0. The molecule has 0 spiro atoms. The van der Waals surface area contributed by atoms with Gasteiger partial charge < -0.3 is 15.5 Å². The van der Waals surface area contributed by atoms with E-state index in [9.17, 15) is 0 Å². The lowest BCUT2D eigenvalue weighted by Crippen LogP contribution is -2.32. The monoisotopic (exact) mass is 251 g/mol.